The molecule has 1 aliphatic heterocycles. The van der Waals surface area contributed by atoms with Crippen LogP contribution >= 0.6 is 0 Å². The molecule has 0 saturated heterocycles. The zero-order valence-corrected chi connectivity index (χ0v) is 21.7. The van der Waals surface area contributed by atoms with E-state index in [0.29, 0.717) is 30.5 Å². The molecular weight excluding hydrogens is 528 g/mol. The van der Waals surface area contributed by atoms with Gasteiger partial charge in [-0.3, -0.25) is 14.9 Å². The highest BCUT2D eigenvalue weighted by Crippen LogP contribution is 2.41. The number of aromatic nitrogens is 1. The molecule has 0 fully saturated rings. The first kappa shape index (κ1) is 26.6. The largest absolute Gasteiger partial charge is 0.493 e. The summed E-state index contributed by atoms with van der Waals surface area (Å²) in [7, 11) is 3.03. The van der Waals surface area contributed by atoms with Crippen LogP contribution < -0.4 is 19.8 Å². The lowest BCUT2D eigenvalue weighted by molar-refractivity contribution is -0.384. The first-order valence-corrected chi connectivity index (χ1v) is 12.1. The fourth-order valence-electron chi connectivity index (χ4n) is 5.29. The van der Waals surface area contributed by atoms with Crippen molar-refractivity contribution in [3.8, 4) is 17.2 Å². The van der Waals surface area contributed by atoms with Crippen LogP contribution in [-0.2, 0) is 13.0 Å². The number of carboxylic acids is 1. The van der Waals surface area contributed by atoms with E-state index in [1.165, 1.54) is 14.2 Å². The summed E-state index contributed by atoms with van der Waals surface area (Å²) < 4.78 is 40.6. The lowest BCUT2D eigenvalue weighted by Gasteiger charge is -2.32. The zero-order chi connectivity index (χ0) is 28.9. The average molecular weight is 552 g/mol. The molecule has 1 aliphatic rings. The van der Waals surface area contributed by atoms with Crippen LogP contribution in [0, 0.1) is 28.7 Å². The van der Waals surface area contributed by atoms with E-state index >= 15 is 0 Å². The van der Waals surface area contributed by atoms with E-state index in [2.05, 4.69) is 0 Å². The molecule has 40 heavy (non-hydrogen) atoms. The van der Waals surface area contributed by atoms with Crippen molar-refractivity contribution in [2.45, 2.75) is 19.9 Å². The van der Waals surface area contributed by atoms with Crippen LogP contribution in [0.2, 0.25) is 0 Å². The number of nitro groups is 1. The van der Waals surface area contributed by atoms with Gasteiger partial charge in [0.1, 0.15) is 22.9 Å². The van der Waals surface area contributed by atoms with Gasteiger partial charge in [-0.25, -0.2) is 13.6 Å². The summed E-state index contributed by atoms with van der Waals surface area (Å²) in [4.78, 5) is 38.5. The number of halogens is 2. The lowest BCUT2D eigenvalue weighted by Crippen LogP contribution is -2.32. The Labute approximate surface area is 225 Å². The minimum Gasteiger partial charge on any atom is -0.493 e. The molecule has 1 N–H and O–H groups in total. The Balaban J connectivity index is 1.80. The summed E-state index contributed by atoms with van der Waals surface area (Å²) in [6.07, 6.45) is 1.47. The normalized spacial score (nSPS) is 12.8. The second-order valence-electron chi connectivity index (χ2n) is 9.31. The Kier molecular flexibility index (Phi) is 6.62. The zero-order valence-electron chi connectivity index (χ0n) is 21.7. The maximum Gasteiger partial charge on any atom is 0.341 e. The van der Waals surface area contributed by atoms with Crippen LogP contribution in [0.3, 0.4) is 0 Å². The van der Waals surface area contributed by atoms with Crippen LogP contribution in [0.25, 0.3) is 16.6 Å². The summed E-state index contributed by atoms with van der Waals surface area (Å²) in [5, 5.41) is 21.7. The van der Waals surface area contributed by atoms with Crippen LogP contribution in [0.1, 0.15) is 27.0 Å². The van der Waals surface area contributed by atoms with Gasteiger partial charge in [-0.15, -0.1) is 0 Å². The van der Waals surface area contributed by atoms with E-state index in [1.54, 1.807) is 17.9 Å². The predicted molar refractivity (Wildman–Crippen MR) is 142 cm³/mol. The van der Waals surface area contributed by atoms with Gasteiger partial charge in [-0.05, 0) is 48.7 Å². The van der Waals surface area contributed by atoms with E-state index in [1.807, 2.05) is 6.07 Å². The van der Waals surface area contributed by atoms with Crippen molar-refractivity contribution in [2.75, 3.05) is 25.7 Å². The lowest BCUT2D eigenvalue weighted by atomic mass is 9.96. The van der Waals surface area contributed by atoms with Crippen molar-refractivity contribution in [1.29, 1.82) is 0 Å². The van der Waals surface area contributed by atoms with Crippen LogP contribution in [0.4, 0.5) is 20.2 Å². The van der Waals surface area contributed by atoms with Gasteiger partial charge in [-0.1, -0.05) is 0 Å². The molecule has 3 aromatic carbocycles. The molecule has 4 aromatic rings. The van der Waals surface area contributed by atoms with Gasteiger partial charge in [-0.2, -0.15) is 0 Å². The molecule has 10 nitrogen and oxygen atoms in total. The second-order valence-corrected chi connectivity index (χ2v) is 9.31. The molecule has 12 heteroatoms. The van der Waals surface area contributed by atoms with E-state index in [-0.39, 0.29) is 34.4 Å². The number of pyridine rings is 1. The number of rotatable bonds is 6. The van der Waals surface area contributed by atoms with Crippen molar-refractivity contribution >= 4 is 28.2 Å². The van der Waals surface area contributed by atoms with E-state index in [4.69, 9.17) is 9.47 Å². The number of carbonyl (C=O) groups is 1. The highest BCUT2D eigenvalue weighted by molar-refractivity contribution is 5.98. The quantitative estimate of drug-likeness (QED) is 0.269. The Hall–Kier alpha value is -5.00. The molecule has 0 aliphatic carbocycles. The average Bonchev–Trinajstić information content (AvgIpc) is 2.92. The van der Waals surface area contributed by atoms with Gasteiger partial charge >= 0.3 is 5.97 Å². The SMILES string of the molecule is COc1cc2c(cc1OC)CN(c1c([N+](=O)[O-])cc3c(=O)c(C(=O)O)cn(-c4ccc(F)cc4F)c3c1C)CC2. The molecule has 0 saturated carbocycles. The number of aromatic carboxylic acids is 1. The maximum absolute atomic E-state index is 15.0. The van der Waals surface area contributed by atoms with Crippen molar-refractivity contribution < 1.29 is 33.1 Å². The number of fused-ring (bicyclic) bond motifs is 2. The number of hydrogen-bond donors (Lipinski definition) is 1. The van der Waals surface area contributed by atoms with Crippen LogP contribution in [0.5, 0.6) is 11.5 Å². The van der Waals surface area contributed by atoms with E-state index < -0.39 is 39.2 Å². The number of aryl methyl sites for hydroxylation is 1. The number of benzene rings is 3. The monoisotopic (exact) mass is 551 g/mol. The highest BCUT2D eigenvalue weighted by atomic mass is 19.1. The first-order valence-electron chi connectivity index (χ1n) is 12.1. The molecule has 0 spiro atoms. The number of nitrogens with zero attached hydrogens (tertiary/aromatic N) is 3. The molecule has 2 heterocycles. The number of carboxylic acid groups (broad SMARTS) is 1. The van der Waals surface area contributed by atoms with Gasteiger partial charge in [0, 0.05) is 37.0 Å². The Morgan fingerprint density at radius 3 is 2.35 bits per heavy atom. The molecule has 0 bridgehead atoms. The molecule has 5 rings (SSSR count). The van der Waals surface area contributed by atoms with Crippen LogP contribution in [0.15, 0.2) is 47.4 Å². The third-order valence-corrected chi connectivity index (χ3v) is 7.11. The first-order chi connectivity index (χ1) is 19.0. The molecule has 0 amide bonds. The summed E-state index contributed by atoms with van der Waals surface area (Å²) in [5.74, 6) is -2.40. The summed E-state index contributed by atoms with van der Waals surface area (Å²) in [6, 6.07) is 7.41. The number of nitro benzene ring substituents is 1. The summed E-state index contributed by atoms with van der Waals surface area (Å²) in [5.41, 5.74) is 0.0387. The van der Waals surface area contributed by atoms with Crippen molar-refractivity contribution in [2.24, 2.45) is 0 Å². The molecule has 0 unspecified atom stereocenters. The van der Waals surface area contributed by atoms with Crippen molar-refractivity contribution in [3.63, 3.8) is 0 Å². The van der Waals surface area contributed by atoms with Crippen LogP contribution in [-0.4, -0.2) is 41.3 Å². The Morgan fingerprint density at radius 1 is 1.07 bits per heavy atom. The summed E-state index contributed by atoms with van der Waals surface area (Å²) in [6.45, 7) is 2.18. The third kappa shape index (κ3) is 4.27. The van der Waals surface area contributed by atoms with Gasteiger partial charge in [0.15, 0.2) is 11.5 Å². The molecule has 0 atom stereocenters. The van der Waals surface area contributed by atoms with Gasteiger partial charge in [0.05, 0.1) is 35.7 Å². The highest BCUT2D eigenvalue weighted by Gasteiger charge is 2.31. The fourth-order valence-corrected chi connectivity index (χ4v) is 5.29. The standard InChI is InChI=1S/C28H23F2N3O7/c1-14-25-18(27(34)19(28(35)36)13-32(25)21-5-4-17(29)10-20(21)30)11-22(33(37)38)26(14)31-7-6-15-8-23(39-2)24(40-3)9-16(15)12-31/h4-5,8-11,13H,6-7,12H2,1-3H3,(H,35,36). The maximum atomic E-state index is 15.0. The van der Waals surface area contributed by atoms with Gasteiger partial charge in [0.2, 0.25) is 5.43 Å². The third-order valence-electron chi connectivity index (χ3n) is 7.11. The Bertz CT molecular complexity index is 1780. The summed E-state index contributed by atoms with van der Waals surface area (Å²) >= 11 is 0. The Morgan fingerprint density at radius 2 is 1.75 bits per heavy atom. The van der Waals surface area contributed by atoms with Crippen molar-refractivity contribution in [3.05, 3.63) is 96.8 Å². The number of hydrogen-bond acceptors (Lipinski definition) is 7. The molecule has 206 valence electrons. The van der Waals surface area contributed by atoms with Crippen molar-refractivity contribution in [1.82, 2.24) is 4.57 Å². The molecule has 1 aromatic heterocycles. The fraction of sp³-hybridized carbons (Fsp3) is 0.214. The number of methoxy groups -OCH3 is 2. The van der Waals surface area contributed by atoms with Gasteiger partial charge < -0.3 is 24.0 Å². The molecule has 0 radical (unpaired) electrons. The topological polar surface area (TPSA) is 124 Å². The van der Waals surface area contributed by atoms with Gasteiger partial charge in [0.25, 0.3) is 5.69 Å². The number of ether oxygens (including phenoxy) is 2. The molecular formula is C28H23F2N3O7. The van der Waals surface area contributed by atoms with E-state index in [9.17, 15) is 33.6 Å². The number of anilines is 1. The second kappa shape index (κ2) is 9.95. The smallest absolute Gasteiger partial charge is 0.341 e. The predicted octanol–water partition coefficient (Wildman–Crippen LogP) is 4.76. The minimum absolute atomic E-state index is 0.0687. The minimum atomic E-state index is -1.59. The van der Waals surface area contributed by atoms with E-state index in [0.717, 1.165) is 40.1 Å².